The summed E-state index contributed by atoms with van der Waals surface area (Å²) < 4.78 is 0. The Morgan fingerprint density at radius 3 is 3.00 bits per heavy atom. The highest BCUT2D eigenvalue weighted by atomic mass is 15.1. The maximum atomic E-state index is 8.12. The van der Waals surface area contributed by atoms with Gasteiger partial charge in [0.1, 0.15) is 0 Å². The lowest BCUT2D eigenvalue weighted by molar-refractivity contribution is 0.816. The van der Waals surface area contributed by atoms with Gasteiger partial charge in [-0.15, -0.1) is 0 Å². The highest BCUT2D eigenvalue weighted by molar-refractivity contribution is 5.53. The Labute approximate surface area is 89.3 Å². The molecular formula is C11H14N4. The zero-order valence-electron chi connectivity index (χ0n) is 8.72. The average molecular weight is 202 g/mol. The molecule has 4 nitrogen and oxygen atoms in total. The van der Waals surface area contributed by atoms with Crippen molar-refractivity contribution in [2.75, 3.05) is 13.6 Å². The Kier molecular flexibility index (Phi) is 5.01. The molecule has 0 spiro atoms. The number of nitrogens with zero attached hydrogens (tertiary/aromatic N) is 3. The molecule has 78 valence electrons. The van der Waals surface area contributed by atoms with Gasteiger partial charge < -0.3 is 5.32 Å². The van der Waals surface area contributed by atoms with Crippen molar-refractivity contribution >= 4 is 6.08 Å². The molecule has 0 fully saturated rings. The van der Waals surface area contributed by atoms with Crippen molar-refractivity contribution in [1.29, 1.82) is 0 Å². The lowest BCUT2D eigenvalue weighted by Crippen LogP contribution is -2.06. The Morgan fingerprint density at radius 2 is 2.27 bits per heavy atom. The zero-order valence-corrected chi connectivity index (χ0v) is 8.72. The fraction of sp³-hybridized carbons (Fsp3) is 0.273. The van der Waals surface area contributed by atoms with Crippen LogP contribution in [0.15, 0.2) is 35.5 Å². The van der Waals surface area contributed by atoms with Crippen molar-refractivity contribution in [3.05, 3.63) is 51.9 Å². The molecule has 1 N–H and O–H groups in total. The van der Waals surface area contributed by atoms with Gasteiger partial charge in [0.2, 0.25) is 0 Å². The molecule has 0 amide bonds. The Hall–Kier alpha value is -1.77. The van der Waals surface area contributed by atoms with E-state index in [1.165, 1.54) is 5.56 Å². The molecule has 0 aromatic heterocycles. The third-order valence-corrected chi connectivity index (χ3v) is 1.97. The molecule has 0 aliphatic carbocycles. The normalized spacial score (nSPS) is 10.2. The third-order valence-electron chi connectivity index (χ3n) is 1.97. The summed E-state index contributed by atoms with van der Waals surface area (Å²) in [5.41, 5.74) is 10.5. The Bertz CT molecular complexity index is 378. The van der Waals surface area contributed by atoms with Crippen LogP contribution in [0.1, 0.15) is 11.1 Å². The van der Waals surface area contributed by atoms with Crippen LogP contribution in [0.2, 0.25) is 0 Å². The second-order valence-corrected chi connectivity index (χ2v) is 3.04. The second kappa shape index (κ2) is 6.65. The molecule has 0 saturated heterocycles. The lowest BCUT2D eigenvalue weighted by atomic mass is 10.1. The molecule has 0 bridgehead atoms. The number of hydrogen-bond acceptors (Lipinski definition) is 2. The molecule has 1 aromatic rings. The summed E-state index contributed by atoms with van der Waals surface area (Å²) in [6.45, 7) is 1.23. The maximum absolute atomic E-state index is 8.12. The fourth-order valence-electron chi connectivity index (χ4n) is 1.31. The van der Waals surface area contributed by atoms with Crippen LogP contribution >= 0.6 is 0 Å². The second-order valence-electron chi connectivity index (χ2n) is 3.04. The Balaban J connectivity index is 2.74. The maximum Gasteiger partial charge on any atom is 0.0443 e. The van der Waals surface area contributed by atoms with E-state index in [-0.39, 0.29) is 0 Å². The van der Waals surface area contributed by atoms with E-state index in [4.69, 9.17) is 5.53 Å². The third kappa shape index (κ3) is 3.85. The van der Waals surface area contributed by atoms with Gasteiger partial charge in [-0.2, -0.15) is 0 Å². The van der Waals surface area contributed by atoms with Gasteiger partial charge >= 0.3 is 0 Å². The number of hydrogen-bond donors (Lipinski definition) is 1. The molecular weight excluding hydrogens is 188 g/mol. The minimum atomic E-state index is 0.393. The van der Waals surface area contributed by atoms with Crippen LogP contribution in [0.25, 0.3) is 16.5 Å². The van der Waals surface area contributed by atoms with Crippen LogP contribution in [0, 0.1) is 0 Å². The number of nitrogens with one attached hydrogen (secondary N) is 1. The summed E-state index contributed by atoms with van der Waals surface area (Å²) in [6.07, 6.45) is 3.83. The van der Waals surface area contributed by atoms with Crippen LogP contribution in [-0.4, -0.2) is 13.6 Å². The lowest BCUT2D eigenvalue weighted by Gasteiger charge is -2.04. The van der Waals surface area contributed by atoms with Crippen LogP contribution in [0.4, 0.5) is 0 Å². The van der Waals surface area contributed by atoms with E-state index in [1.54, 1.807) is 0 Å². The van der Waals surface area contributed by atoms with E-state index in [1.807, 2.05) is 37.4 Å². The Morgan fingerprint density at radius 1 is 1.47 bits per heavy atom. The SMILES string of the molecule is CNCc1ccccc1C=CCN=[N+]=[N-]. The van der Waals surface area contributed by atoms with Gasteiger partial charge in [0.15, 0.2) is 0 Å². The van der Waals surface area contributed by atoms with Crippen molar-refractivity contribution < 1.29 is 0 Å². The molecule has 4 heteroatoms. The summed E-state index contributed by atoms with van der Waals surface area (Å²) in [4.78, 5) is 2.69. The minimum Gasteiger partial charge on any atom is -0.316 e. The number of rotatable bonds is 5. The van der Waals surface area contributed by atoms with E-state index in [2.05, 4.69) is 21.4 Å². The summed E-state index contributed by atoms with van der Waals surface area (Å²) in [5, 5.41) is 6.55. The van der Waals surface area contributed by atoms with E-state index in [9.17, 15) is 0 Å². The van der Waals surface area contributed by atoms with E-state index < -0.39 is 0 Å². The van der Waals surface area contributed by atoms with Gasteiger partial charge in [0.25, 0.3) is 0 Å². The molecule has 0 radical (unpaired) electrons. The van der Waals surface area contributed by atoms with Crippen molar-refractivity contribution in [1.82, 2.24) is 5.32 Å². The first kappa shape index (κ1) is 11.3. The van der Waals surface area contributed by atoms with E-state index in [0.717, 1.165) is 12.1 Å². The number of benzene rings is 1. The van der Waals surface area contributed by atoms with Gasteiger partial charge in [0, 0.05) is 18.0 Å². The van der Waals surface area contributed by atoms with Gasteiger partial charge in [-0.1, -0.05) is 41.5 Å². The van der Waals surface area contributed by atoms with Crippen LogP contribution in [0.3, 0.4) is 0 Å². The van der Waals surface area contributed by atoms with Crippen molar-refractivity contribution in [2.45, 2.75) is 6.54 Å². The molecule has 0 unspecified atom stereocenters. The topological polar surface area (TPSA) is 60.8 Å². The number of azide groups is 1. The van der Waals surface area contributed by atoms with Crippen molar-refractivity contribution in [3.8, 4) is 0 Å². The summed E-state index contributed by atoms with van der Waals surface area (Å²) in [6, 6.07) is 8.12. The average Bonchev–Trinajstić information content (AvgIpc) is 2.27. The predicted octanol–water partition coefficient (Wildman–Crippen LogP) is 2.73. The van der Waals surface area contributed by atoms with Crippen LogP contribution in [0.5, 0.6) is 0 Å². The smallest absolute Gasteiger partial charge is 0.0443 e. The van der Waals surface area contributed by atoms with Crippen molar-refractivity contribution in [3.63, 3.8) is 0 Å². The predicted molar refractivity (Wildman–Crippen MR) is 62.3 cm³/mol. The summed E-state index contributed by atoms with van der Waals surface area (Å²) in [5.74, 6) is 0. The first-order valence-electron chi connectivity index (χ1n) is 4.78. The van der Waals surface area contributed by atoms with Gasteiger partial charge in [-0.25, -0.2) is 0 Å². The largest absolute Gasteiger partial charge is 0.316 e. The van der Waals surface area contributed by atoms with E-state index >= 15 is 0 Å². The first-order chi connectivity index (χ1) is 7.38. The van der Waals surface area contributed by atoms with Crippen LogP contribution < -0.4 is 5.32 Å². The standard InChI is InChI=1S/C11H14N4/c1-13-9-11-6-3-2-5-10(11)7-4-8-14-15-12/h2-7,13H,8-9H2,1H3. The summed E-state index contributed by atoms with van der Waals surface area (Å²) in [7, 11) is 1.92. The first-order valence-corrected chi connectivity index (χ1v) is 4.78. The molecule has 1 rings (SSSR count). The van der Waals surface area contributed by atoms with Gasteiger partial charge in [-0.05, 0) is 23.7 Å². The highest BCUT2D eigenvalue weighted by Gasteiger charge is 1.95. The highest BCUT2D eigenvalue weighted by Crippen LogP contribution is 2.10. The monoisotopic (exact) mass is 202 g/mol. The summed E-state index contributed by atoms with van der Waals surface area (Å²) >= 11 is 0. The quantitative estimate of drug-likeness (QED) is 0.445. The molecule has 1 aromatic carbocycles. The van der Waals surface area contributed by atoms with Gasteiger partial charge in [-0.3, -0.25) is 0 Å². The molecule has 0 saturated carbocycles. The molecule has 0 atom stereocenters. The van der Waals surface area contributed by atoms with Gasteiger partial charge in [0.05, 0.1) is 0 Å². The molecule has 0 aliphatic rings. The molecule has 0 heterocycles. The van der Waals surface area contributed by atoms with Crippen molar-refractivity contribution in [2.24, 2.45) is 5.11 Å². The fourth-order valence-corrected chi connectivity index (χ4v) is 1.31. The molecule has 0 aliphatic heterocycles. The minimum absolute atomic E-state index is 0.393. The zero-order chi connectivity index (χ0) is 10.9. The van der Waals surface area contributed by atoms with E-state index in [0.29, 0.717) is 6.54 Å². The van der Waals surface area contributed by atoms with Crippen LogP contribution in [-0.2, 0) is 6.54 Å². The molecule has 15 heavy (non-hydrogen) atoms.